The summed E-state index contributed by atoms with van der Waals surface area (Å²) < 4.78 is 52.0. The zero-order valence-electron chi connectivity index (χ0n) is 14.8. The van der Waals surface area contributed by atoms with Gasteiger partial charge in [0.2, 0.25) is 0 Å². The molecule has 0 unspecified atom stereocenters. The van der Waals surface area contributed by atoms with Gasteiger partial charge in [0.1, 0.15) is 18.1 Å². The van der Waals surface area contributed by atoms with Gasteiger partial charge in [0.15, 0.2) is 12.4 Å². The summed E-state index contributed by atoms with van der Waals surface area (Å²) in [6.07, 6.45) is -0.828. The molecular formula is C18H24F3NO4. The summed E-state index contributed by atoms with van der Waals surface area (Å²) in [4.78, 5) is 14.6. The van der Waals surface area contributed by atoms with E-state index in [0.717, 1.165) is 19.6 Å². The summed E-state index contributed by atoms with van der Waals surface area (Å²) in [7, 11) is 1.39. The minimum absolute atomic E-state index is 0.0419. The Hall–Kier alpha value is -1.80. The second kappa shape index (κ2) is 9.78. The van der Waals surface area contributed by atoms with Gasteiger partial charge in [-0.2, -0.15) is 13.2 Å². The summed E-state index contributed by atoms with van der Waals surface area (Å²) in [6.45, 7) is 1.71. The number of ether oxygens (including phenoxy) is 3. The number of methoxy groups -OCH3 is 1. The standard InChI is InChI=1S/C18H24F3NO4/c1-24-17-6-5-14(26-13-18(19,20)21)11-15(17)16(23)12-25-10-9-22-7-3-2-4-8-22/h5-6,11H,2-4,7-10,12-13H2,1H3. The zero-order valence-corrected chi connectivity index (χ0v) is 14.8. The van der Waals surface area contributed by atoms with Crippen LogP contribution in [0.5, 0.6) is 11.5 Å². The number of benzene rings is 1. The Labute approximate surface area is 151 Å². The van der Waals surface area contributed by atoms with Gasteiger partial charge < -0.3 is 19.1 Å². The molecule has 1 fully saturated rings. The van der Waals surface area contributed by atoms with E-state index in [1.54, 1.807) is 0 Å². The highest BCUT2D eigenvalue weighted by Crippen LogP contribution is 2.26. The third-order valence-electron chi connectivity index (χ3n) is 4.11. The second-order valence-corrected chi connectivity index (χ2v) is 6.14. The van der Waals surface area contributed by atoms with Crippen LogP contribution in [0.2, 0.25) is 0 Å². The molecule has 0 aliphatic carbocycles. The van der Waals surface area contributed by atoms with E-state index in [2.05, 4.69) is 9.64 Å². The Balaban J connectivity index is 1.86. The van der Waals surface area contributed by atoms with Gasteiger partial charge in [0.25, 0.3) is 0 Å². The maximum atomic E-state index is 12.3. The van der Waals surface area contributed by atoms with Crippen LogP contribution in [0, 0.1) is 0 Å². The first kappa shape index (κ1) is 20.5. The van der Waals surface area contributed by atoms with E-state index < -0.39 is 12.8 Å². The molecular weight excluding hydrogens is 351 g/mol. The zero-order chi connectivity index (χ0) is 19.0. The number of halogens is 3. The fraction of sp³-hybridized carbons (Fsp3) is 0.611. The molecule has 0 amide bonds. The summed E-state index contributed by atoms with van der Waals surface area (Å²) >= 11 is 0. The lowest BCUT2D eigenvalue weighted by Gasteiger charge is -2.26. The van der Waals surface area contributed by atoms with Crippen LogP contribution in [0.4, 0.5) is 13.2 Å². The van der Waals surface area contributed by atoms with Crippen LogP contribution >= 0.6 is 0 Å². The molecule has 0 saturated carbocycles. The number of ketones is 1. The number of rotatable bonds is 9. The highest BCUT2D eigenvalue weighted by atomic mass is 19.4. The highest BCUT2D eigenvalue weighted by molar-refractivity contribution is 6.00. The predicted molar refractivity (Wildman–Crippen MR) is 90.0 cm³/mol. The number of hydrogen-bond acceptors (Lipinski definition) is 5. The van der Waals surface area contributed by atoms with Crippen LogP contribution < -0.4 is 9.47 Å². The molecule has 0 aromatic heterocycles. The number of piperidine rings is 1. The lowest BCUT2D eigenvalue weighted by atomic mass is 10.1. The van der Waals surface area contributed by atoms with Gasteiger partial charge in [-0.25, -0.2) is 0 Å². The van der Waals surface area contributed by atoms with Crippen molar-refractivity contribution in [2.45, 2.75) is 25.4 Å². The minimum Gasteiger partial charge on any atom is -0.496 e. The largest absolute Gasteiger partial charge is 0.496 e. The molecule has 1 heterocycles. The number of likely N-dealkylation sites (tertiary alicyclic amines) is 1. The fourth-order valence-electron chi connectivity index (χ4n) is 2.78. The number of nitrogens with zero attached hydrogens (tertiary/aromatic N) is 1. The van der Waals surface area contributed by atoms with E-state index in [0.29, 0.717) is 6.61 Å². The molecule has 0 N–H and O–H groups in total. The maximum Gasteiger partial charge on any atom is 0.422 e. The summed E-state index contributed by atoms with van der Waals surface area (Å²) in [5, 5.41) is 0. The number of hydrogen-bond donors (Lipinski definition) is 0. The molecule has 1 aromatic carbocycles. The van der Waals surface area contributed by atoms with Gasteiger partial charge in [-0.3, -0.25) is 4.79 Å². The van der Waals surface area contributed by atoms with Gasteiger partial charge in [0, 0.05) is 6.54 Å². The number of alkyl halides is 3. The molecule has 1 aliphatic rings. The quantitative estimate of drug-likeness (QED) is 0.490. The topological polar surface area (TPSA) is 48.0 Å². The van der Waals surface area contributed by atoms with Crippen LogP contribution in [0.1, 0.15) is 29.6 Å². The Morgan fingerprint density at radius 2 is 1.92 bits per heavy atom. The Kier molecular flexibility index (Phi) is 7.71. The van der Waals surface area contributed by atoms with E-state index in [1.165, 1.54) is 44.6 Å². The Bertz CT molecular complexity index is 586. The van der Waals surface area contributed by atoms with Crippen LogP contribution in [0.15, 0.2) is 18.2 Å². The number of carbonyl (C=O) groups is 1. The van der Waals surface area contributed by atoms with Gasteiger partial charge in [0.05, 0.1) is 19.3 Å². The van der Waals surface area contributed by atoms with Gasteiger partial charge in [-0.05, 0) is 44.1 Å². The molecule has 1 aliphatic heterocycles. The van der Waals surface area contributed by atoms with Crippen LogP contribution in [0.3, 0.4) is 0 Å². The van der Waals surface area contributed by atoms with Crippen molar-refractivity contribution in [1.82, 2.24) is 4.90 Å². The lowest BCUT2D eigenvalue weighted by molar-refractivity contribution is -0.153. The Morgan fingerprint density at radius 1 is 1.19 bits per heavy atom. The van der Waals surface area contributed by atoms with E-state index in [-0.39, 0.29) is 29.5 Å². The number of Topliss-reactive ketones (excluding diaryl/α,β-unsaturated/α-hetero) is 1. The SMILES string of the molecule is COc1ccc(OCC(F)(F)F)cc1C(=O)COCCN1CCCCC1. The molecule has 8 heteroatoms. The second-order valence-electron chi connectivity index (χ2n) is 6.14. The number of carbonyl (C=O) groups excluding carboxylic acids is 1. The fourth-order valence-corrected chi connectivity index (χ4v) is 2.78. The van der Waals surface area contributed by atoms with E-state index in [1.807, 2.05) is 0 Å². The molecule has 1 aromatic rings. The van der Waals surface area contributed by atoms with Gasteiger partial charge >= 0.3 is 6.18 Å². The normalized spacial score (nSPS) is 15.7. The third-order valence-corrected chi connectivity index (χ3v) is 4.11. The van der Waals surface area contributed by atoms with Crippen molar-refractivity contribution in [3.8, 4) is 11.5 Å². The summed E-state index contributed by atoms with van der Waals surface area (Å²) in [5.41, 5.74) is 0.144. The van der Waals surface area contributed by atoms with E-state index in [9.17, 15) is 18.0 Å². The van der Waals surface area contributed by atoms with Crippen LogP contribution in [0.25, 0.3) is 0 Å². The first-order valence-electron chi connectivity index (χ1n) is 8.60. The van der Waals surface area contributed by atoms with Crippen molar-refractivity contribution in [2.24, 2.45) is 0 Å². The molecule has 2 rings (SSSR count). The van der Waals surface area contributed by atoms with Crippen molar-refractivity contribution in [3.05, 3.63) is 23.8 Å². The third kappa shape index (κ3) is 6.84. The van der Waals surface area contributed by atoms with Crippen molar-refractivity contribution < 1.29 is 32.2 Å². The average Bonchev–Trinajstić information content (AvgIpc) is 2.63. The first-order chi connectivity index (χ1) is 12.4. The van der Waals surface area contributed by atoms with Crippen molar-refractivity contribution in [1.29, 1.82) is 0 Å². The highest BCUT2D eigenvalue weighted by Gasteiger charge is 2.28. The lowest BCUT2D eigenvalue weighted by Crippen LogP contribution is -2.33. The van der Waals surface area contributed by atoms with Gasteiger partial charge in [-0.1, -0.05) is 6.42 Å². The van der Waals surface area contributed by atoms with E-state index in [4.69, 9.17) is 9.47 Å². The molecule has 1 saturated heterocycles. The summed E-state index contributed by atoms with van der Waals surface area (Å²) in [5.74, 6) is -0.133. The molecule has 5 nitrogen and oxygen atoms in total. The average molecular weight is 375 g/mol. The predicted octanol–water partition coefficient (Wildman–Crippen LogP) is 3.32. The first-order valence-corrected chi connectivity index (χ1v) is 8.60. The van der Waals surface area contributed by atoms with Crippen molar-refractivity contribution in [3.63, 3.8) is 0 Å². The monoisotopic (exact) mass is 375 g/mol. The van der Waals surface area contributed by atoms with Crippen LogP contribution in [-0.2, 0) is 4.74 Å². The molecule has 0 radical (unpaired) electrons. The molecule has 0 atom stereocenters. The maximum absolute atomic E-state index is 12.3. The van der Waals surface area contributed by atoms with Crippen molar-refractivity contribution in [2.75, 3.05) is 46.6 Å². The smallest absolute Gasteiger partial charge is 0.422 e. The van der Waals surface area contributed by atoms with Crippen LogP contribution in [-0.4, -0.2) is 63.4 Å². The molecule has 26 heavy (non-hydrogen) atoms. The summed E-state index contributed by atoms with van der Waals surface area (Å²) in [6, 6.07) is 3.99. The minimum atomic E-state index is -4.44. The molecule has 0 bridgehead atoms. The Morgan fingerprint density at radius 3 is 2.58 bits per heavy atom. The molecule has 146 valence electrons. The van der Waals surface area contributed by atoms with Crippen molar-refractivity contribution >= 4 is 5.78 Å². The van der Waals surface area contributed by atoms with Gasteiger partial charge in [-0.15, -0.1) is 0 Å². The molecule has 0 spiro atoms. The van der Waals surface area contributed by atoms with E-state index >= 15 is 0 Å².